The second kappa shape index (κ2) is 10.5. The smallest absolute Gasteiger partial charge is 0.338 e. The second-order valence-electron chi connectivity index (χ2n) is 7.56. The lowest BCUT2D eigenvalue weighted by Crippen LogP contribution is -2.26. The minimum atomic E-state index is -4.07. The number of carbonyl (C=O) groups is 2. The number of rotatable bonds is 8. The van der Waals surface area contributed by atoms with Crippen molar-refractivity contribution in [2.24, 2.45) is 0 Å². The topological polar surface area (TPSA) is 105 Å². The van der Waals surface area contributed by atoms with Crippen LogP contribution in [-0.4, -0.2) is 58.6 Å². The van der Waals surface area contributed by atoms with Gasteiger partial charge in [0.1, 0.15) is 4.90 Å². The number of sulfonamides is 1. The molecular weight excluding hydrogens is 470 g/mol. The van der Waals surface area contributed by atoms with E-state index >= 15 is 0 Å². The predicted molar refractivity (Wildman–Crippen MR) is 125 cm³/mol. The Hall–Kier alpha value is -2.66. The van der Waals surface area contributed by atoms with E-state index in [1.807, 2.05) is 25.1 Å². The molecule has 0 atom stereocenters. The van der Waals surface area contributed by atoms with E-state index in [1.54, 1.807) is 0 Å². The Morgan fingerprint density at radius 3 is 2.48 bits per heavy atom. The van der Waals surface area contributed by atoms with Gasteiger partial charge in [-0.15, -0.1) is 0 Å². The van der Waals surface area contributed by atoms with Crippen LogP contribution in [0.1, 0.15) is 28.8 Å². The van der Waals surface area contributed by atoms with Crippen LogP contribution in [0.2, 0.25) is 5.02 Å². The van der Waals surface area contributed by atoms with Gasteiger partial charge in [0.25, 0.3) is 15.9 Å². The average Bonchev–Trinajstić information content (AvgIpc) is 3.33. The van der Waals surface area contributed by atoms with E-state index in [1.165, 1.54) is 39.1 Å². The average molecular weight is 496 g/mol. The number of anilines is 2. The molecule has 0 aliphatic carbocycles. The van der Waals surface area contributed by atoms with Crippen molar-refractivity contribution in [1.29, 1.82) is 0 Å². The van der Waals surface area contributed by atoms with Crippen molar-refractivity contribution in [3.8, 4) is 0 Å². The molecule has 1 aliphatic heterocycles. The van der Waals surface area contributed by atoms with E-state index in [2.05, 4.69) is 10.2 Å². The largest absolute Gasteiger partial charge is 0.452 e. The molecule has 1 heterocycles. The molecule has 0 radical (unpaired) electrons. The first-order valence-electron chi connectivity index (χ1n) is 10.3. The molecule has 0 spiro atoms. The number of nitrogens with zero attached hydrogens (tertiary/aromatic N) is 2. The number of nitrogens with one attached hydrogen (secondary N) is 1. The molecule has 0 unspecified atom stereocenters. The van der Waals surface area contributed by atoms with Crippen LogP contribution in [0.3, 0.4) is 0 Å². The monoisotopic (exact) mass is 495 g/mol. The molecule has 1 aliphatic rings. The third-order valence-electron chi connectivity index (χ3n) is 5.33. The maximum absolute atomic E-state index is 12.5. The van der Waals surface area contributed by atoms with E-state index in [9.17, 15) is 18.0 Å². The van der Waals surface area contributed by atoms with Gasteiger partial charge in [-0.25, -0.2) is 13.2 Å². The van der Waals surface area contributed by atoms with Crippen molar-refractivity contribution in [2.45, 2.75) is 24.7 Å². The quantitative estimate of drug-likeness (QED) is 0.442. The van der Waals surface area contributed by atoms with E-state index in [0.717, 1.165) is 30.4 Å². The molecule has 2 aromatic rings. The highest BCUT2D eigenvalue weighted by atomic mass is 35.5. The Labute approximate surface area is 198 Å². The third kappa shape index (κ3) is 5.83. The van der Waals surface area contributed by atoms with Gasteiger partial charge in [-0.3, -0.25) is 9.63 Å². The molecule has 178 valence electrons. The Bertz CT molecular complexity index is 1150. The number of aryl methyl sites for hydroxylation is 1. The van der Waals surface area contributed by atoms with E-state index in [-0.39, 0.29) is 15.5 Å². The van der Waals surface area contributed by atoms with Crippen molar-refractivity contribution in [3.05, 3.63) is 52.5 Å². The highest BCUT2D eigenvalue weighted by molar-refractivity contribution is 7.89. The van der Waals surface area contributed by atoms with Gasteiger partial charge in [0.15, 0.2) is 6.61 Å². The van der Waals surface area contributed by atoms with Gasteiger partial charge in [0.05, 0.1) is 17.7 Å². The lowest BCUT2D eigenvalue weighted by atomic mass is 10.1. The summed E-state index contributed by atoms with van der Waals surface area (Å²) in [5.41, 5.74) is 2.57. The van der Waals surface area contributed by atoms with Gasteiger partial charge in [0, 0.05) is 31.5 Å². The van der Waals surface area contributed by atoms with Crippen molar-refractivity contribution in [2.75, 3.05) is 44.1 Å². The van der Waals surface area contributed by atoms with E-state index in [0.29, 0.717) is 10.2 Å². The van der Waals surface area contributed by atoms with Crippen LogP contribution in [0.25, 0.3) is 0 Å². The molecule has 33 heavy (non-hydrogen) atoms. The molecule has 1 saturated heterocycles. The zero-order valence-electron chi connectivity index (χ0n) is 18.6. The van der Waals surface area contributed by atoms with Crippen molar-refractivity contribution < 1.29 is 27.6 Å². The molecule has 11 heteroatoms. The third-order valence-corrected chi connectivity index (χ3v) is 7.49. The van der Waals surface area contributed by atoms with Crippen LogP contribution in [0.15, 0.2) is 41.3 Å². The van der Waals surface area contributed by atoms with Crippen LogP contribution >= 0.6 is 11.6 Å². The number of carbonyl (C=O) groups excluding carboxylic acids is 2. The summed E-state index contributed by atoms with van der Waals surface area (Å²) in [6, 6.07) is 9.45. The highest BCUT2D eigenvalue weighted by Gasteiger charge is 2.25. The fourth-order valence-corrected chi connectivity index (χ4v) is 4.90. The zero-order valence-corrected chi connectivity index (χ0v) is 20.2. The summed E-state index contributed by atoms with van der Waals surface area (Å²) < 4.78 is 30.6. The van der Waals surface area contributed by atoms with E-state index < -0.39 is 28.5 Å². The Morgan fingerprint density at radius 1 is 1.15 bits per heavy atom. The van der Waals surface area contributed by atoms with Crippen molar-refractivity contribution in [1.82, 2.24) is 4.47 Å². The standard InChI is InChI=1S/C22H26ClN3O6S/c1-15-12-17(26-10-4-5-11-26)7-9-19(15)24-21(27)14-32-22(28)16-6-8-18(23)20(13-16)33(29,30)25(2)31-3/h6-9,12-13H,4-5,10-11,14H2,1-3H3,(H,24,27). The molecule has 3 rings (SSSR count). The summed E-state index contributed by atoms with van der Waals surface area (Å²) >= 11 is 5.99. The van der Waals surface area contributed by atoms with Crippen LogP contribution < -0.4 is 10.2 Å². The normalized spacial score (nSPS) is 13.9. The second-order valence-corrected chi connectivity index (χ2v) is 9.87. The summed E-state index contributed by atoms with van der Waals surface area (Å²) in [6.45, 7) is 3.41. The molecule has 1 amide bonds. The Balaban J connectivity index is 1.63. The van der Waals surface area contributed by atoms with Gasteiger partial charge in [-0.2, -0.15) is 0 Å². The van der Waals surface area contributed by atoms with Gasteiger partial charge >= 0.3 is 5.97 Å². The van der Waals surface area contributed by atoms with Crippen LogP contribution in [0, 0.1) is 6.92 Å². The maximum Gasteiger partial charge on any atom is 0.338 e. The number of hydrogen-bond donors (Lipinski definition) is 1. The molecule has 0 saturated carbocycles. The summed E-state index contributed by atoms with van der Waals surface area (Å²) in [4.78, 5) is 31.4. The lowest BCUT2D eigenvalue weighted by molar-refractivity contribution is -0.119. The first kappa shape index (κ1) is 25.0. The number of halogens is 1. The molecule has 9 nitrogen and oxygen atoms in total. The van der Waals surface area contributed by atoms with Gasteiger partial charge in [-0.1, -0.05) is 16.1 Å². The summed E-state index contributed by atoms with van der Waals surface area (Å²) in [5.74, 6) is -1.37. The molecular formula is C22H26ClN3O6S. The number of hydrogen-bond acceptors (Lipinski definition) is 7. The first-order chi connectivity index (χ1) is 15.6. The minimum Gasteiger partial charge on any atom is -0.452 e. The van der Waals surface area contributed by atoms with E-state index in [4.69, 9.17) is 21.2 Å². The first-order valence-corrected chi connectivity index (χ1v) is 12.1. The van der Waals surface area contributed by atoms with Crippen molar-refractivity contribution >= 4 is 44.9 Å². The number of benzene rings is 2. The summed E-state index contributed by atoms with van der Waals surface area (Å²) in [5, 5.41) is 2.64. The van der Waals surface area contributed by atoms with Crippen LogP contribution in [-0.2, 0) is 24.4 Å². The molecule has 1 fully saturated rings. The maximum atomic E-state index is 12.5. The summed E-state index contributed by atoms with van der Waals surface area (Å²) in [6.07, 6.45) is 2.35. The van der Waals surface area contributed by atoms with Gasteiger partial charge < -0.3 is 15.0 Å². The van der Waals surface area contributed by atoms with Gasteiger partial charge in [-0.05, 0) is 61.7 Å². The number of hydroxylamine groups is 1. The van der Waals surface area contributed by atoms with Crippen LogP contribution in [0.5, 0.6) is 0 Å². The minimum absolute atomic E-state index is 0.0681. The number of amides is 1. The SMILES string of the molecule is CON(C)S(=O)(=O)c1cc(C(=O)OCC(=O)Nc2ccc(N3CCCC3)cc2C)ccc1Cl. The summed E-state index contributed by atoms with van der Waals surface area (Å²) in [7, 11) is -1.69. The zero-order chi connectivity index (χ0) is 24.2. The lowest BCUT2D eigenvalue weighted by Gasteiger charge is -2.19. The Kier molecular flexibility index (Phi) is 7.96. The predicted octanol–water partition coefficient (Wildman–Crippen LogP) is 3.23. The molecule has 0 bridgehead atoms. The highest BCUT2D eigenvalue weighted by Crippen LogP contribution is 2.27. The van der Waals surface area contributed by atoms with Crippen LogP contribution in [0.4, 0.5) is 11.4 Å². The number of ether oxygens (including phenoxy) is 1. The molecule has 0 aromatic heterocycles. The Morgan fingerprint density at radius 2 is 1.85 bits per heavy atom. The fourth-order valence-electron chi connectivity index (χ4n) is 3.43. The molecule has 2 aromatic carbocycles. The fraction of sp³-hybridized carbons (Fsp3) is 0.364. The van der Waals surface area contributed by atoms with Gasteiger partial charge in [0.2, 0.25) is 0 Å². The van der Waals surface area contributed by atoms with Crippen molar-refractivity contribution in [3.63, 3.8) is 0 Å². The number of esters is 1. The molecule has 1 N–H and O–H groups in total.